The summed E-state index contributed by atoms with van der Waals surface area (Å²) in [7, 11) is 1.67. The lowest BCUT2D eigenvalue weighted by atomic mass is 10.2. The highest BCUT2D eigenvalue weighted by Gasteiger charge is 2.22. The minimum absolute atomic E-state index is 0.0697. The van der Waals surface area contributed by atoms with Crippen LogP contribution < -0.4 is 15.5 Å². The van der Waals surface area contributed by atoms with Crippen molar-refractivity contribution in [1.82, 2.24) is 9.97 Å². The number of likely N-dealkylation sites (N-methyl/N-ethyl adjacent to an activating group) is 1. The number of nitrogens with zero attached hydrogens (tertiary/aromatic N) is 2. The van der Waals surface area contributed by atoms with Gasteiger partial charge >= 0.3 is 0 Å². The molecule has 0 aliphatic carbocycles. The molecular weight excluding hydrogens is 306 g/mol. The van der Waals surface area contributed by atoms with Crippen molar-refractivity contribution in [1.29, 1.82) is 0 Å². The molecule has 3 aromatic rings. The first-order chi connectivity index (χ1) is 11.6. The number of carbonyl (C=O) groups is 2. The van der Waals surface area contributed by atoms with Crippen LogP contribution in [0.25, 0.3) is 10.9 Å². The van der Waals surface area contributed by atoms with Gasteiger partial charge in [-0.25, -0.2) is 4.98 Å². The quantitative estimate of drug-likeness (QED) is 0.675. The number of aromatic nitrogens is 2. The van der Waals surface area contributed by atoms with Crippen molar-refractivity contribution in [3.63, 3.8) is 0 Å². The minimum Gasteiger partial charge on any atom is -0.361 e. The Labute approximate surface area is 137 Å². The van der Waals surface area contributed by atoms with E-state index in [1.54, 1.807) is 13.1 Å². The molecule has 1 aliphatic rings. The van der Waals surface area contributed by atoms with Gasteiger partial charge in [0.2, 0.25) is 5.91 Å². The molecule has 120 valence electrons. The lowest BCUT2D eigenvalue weighted by Gasteiger charge is -2.26. The Kier molecular flexibility index (Phi) is 3.19. The van der Waals surface area contributed by atoms with Crippen molar-refractivity contribution < 1.29 is 9.59 Å². The van der Waals surface area contributed by atoms with Crippen LogP contribution in [0.2, 0.25) is 0 Å². The van der Waals surface area contributed by atoms with E-state index in [0.717, 1.165) is 10.9 Å². The van der Waals surface area contributed by atoms with E-state index in [-0.39, 0.29) is 18.4 Å². The van der Waals surface area contributed by atoms with Crippen LogP contribution in [0.5, 0.6) is 0 Å². The molecule has 3 heterocycles. The summed E-state index contributed by atoms with van der Waals surface area (Å²) >= 11 is 0. The Morgan fingerprint density at radius 3 is 3.04 bits per heavy atom. The van der Waals surface area contributed by atoms with E-state index < -0.39 is 0 Å². The van der Waals surface area contributed by atoms with E-state index >= 15 is 0 Å². The molecule has 1 aromatic carbocycles. The molecule has 0 fully saturated rings. The van der Waals surface area contributed by atoms with Gasteiger partial charge in [-0.05, 0) is 30.3 Å². The van der Waals surface area contributed by atoms with Crippen LogP contribution >= 0.6 is 0 Å². The van der Waals surface area contributed by atoms with Crippen molar-refractivity contribution in [2.24, 2.45) is 0 Å². The number of benzene rings is 1. The summed E-state index contributed by atoms with van der Waals surface area (Å²) < 4.78 is 0. The first-order valence-corrected chi connectivity index (χ1v) is 7.51. The zero-order valence-electron chi connectivity index (χ0n) is 13.0. The van der Waals surface area contributed by atoms with Gasteiger partial charge in [0.1, 0.15) is 5.82 Å². The Bertz CT molecular complexity index is 963. The molecule has 24 heavy (non-hydrogen) atoms. The summed E-state index contributed by atoms with van der Waals surface area (Å²) in [5, 5.41) is 6.81. The van der Waals surface area contributed by atoms with Crippen molar-refractivity contribution in [3.8, 4) is 0 Å². The largest absolute Gasteiger partial charge is 0.361 e. The van der Waals surface area contributed by atoms with Crippen molar-refractivity contribution >= 4 is 39.9 Å². The number of amides is 2. The molecule has 1 aliphatic heterocycles. The molecule has 4 rings (SSSR count). The third-order valence-electron chi connectivity index (χ3n) is 4.08. The summed E-state index contributed by atoms with van der Waals surface area (Å²) in [4.78, 5) is 33.1. The normalized spacial score (nSPS) is 13.5. The fraction of sp³-hybridized carbons (Fsp3) is 0.118. The van der Waals surface area contributed by atoms with Crippen LogP contribution in [-0.4, -0.2) is 35.4 Å². The highest BCUT2D eigenvalue weighted by Crippen LogP contribution is 2.27. The van der Waals surface area contributed by atoms with Gasteiger partial charge in [0.15, 0.2) is 0 Å². The summed E-state index contributed by atoms with van der Waals surface area (Å²) in [5.74, 6) is 0.258. The standard InChI is InChI=1S/C17H15N5O2/c1-22-14-7-11(8-19-16(14)20-9-15(22)23)17(24)21-12-2-3-13-10(6-12)4-5-18-13/h2-8,18H,9H2,1H3,(H,19,20)(H,21,24). The molecule has 2 amide bonds. The van der Waals surface area contributed by atoms with Gasteiger partial charge < -0.3 is 20.5 Å². The SMILES string of the molecule is CN1C(=O)CNc2ncc(C(=O)Nc3ccc4[nH]ccc4c3)cc21. The van der Waals surface area contributed by atoms with Gasteiger partial charge in [0, 0.05) is 36.0 Å². The predicted octanol–water partition coefficient (Wildman–Crippen LogP) is 2.20. The number of fused-ring (bicyclic) bond motifs is 2. The molecule has 0 spiro atoms. The molecule has 0 radical (unpaired) electrons. The Morgan fingerprint density at radius 2 is 2.17 bits per heavy atom. The number of H-pyrrole nitrogens is 1. The van der Waals surface area contributed by atoms with Crippen molar-refractivity contribution in [2.75, 3.05) is 29.1 Å². The van der Waals surface area contributed by atoms with Gasteiger partial charge in [-0.2, -0.15) is 0 Å². The lowest BCUT2D eigenvalue weighted by Crippen LogP contribution is -2.37. The van der Waals surface area contributed by atoms with Crippen LogP contribution in [0.15, 0.2) is 42.7 Å². The zero-order valence-corrected chi connectivity index (χ0v) is 13.0. The molecule has 0 saturated carbocycles. The molecule has 7 heteroatoms. The molecule has 0 saturated heterocycles. The fourth-order valence-electron chi connectivity index (χ4n) is 2.72. The van der Waals surface area contributed by atoms with Crippen LogP contribution in [0.1, 0.15) is 10.4 Å². The highest BCUT2D eigenvalue weighted by atomic mass is 16.2. The molecule has 0 atom stereocenters. The molecular formula is C17H15N5O2. The van der Waals surface area contributed by atoms with E-state index in [4.69, 9.17) is 0 Å². The van der Waals surface area contributed by atoms with Crippen molar-refractivity contribution in [2.45, 2.75) is 0 Å². The monoisotopic (exact) mass is 321 g/mol. The summed E-state index contributed by atoms with van der Waals surface area (Å²) in [6.07, 6.45) is 3.35. The van der Waals surface area contributed by atoms with E-state index in [0.29, 0.717) is 22.8 Å². The second-order valence-corrected chi connectivity index (χ2v) is 5.63. The summed E-state index contributed by atoms with van der Waals surface area (Å²) in [5.41, 5.74) is 2.70. The fourth-order valence-corrected chi connectivity index (χ4v) is 2.72. The summed E-state index contributed by atoms with van der Waals surface area (Å²) in [6, 6.07) is 9.24. The smallest absolute Gasteiger partial charge is 0.257 e. The predicted molar refractivity (Wildman–Crippen MR) is 92.4 cm³/mol. The van der Waals surface area contributed by atoms with Crippen LogP contribution in [0, 0.1) is 0 Å². The molecule has 0 unspecified atom stereocenters. The Morgan fingerprint density at radius 1 is 1.29 bits per heavy atom. The Hall–Kier alpha value is -3.35. The number of aromatic amines is 1. The number of rotatable bonds is 2. The van der Waals surface area contributed by atoms with Gasteiger partial charge in [0.05, 0.1) is 17.8 Å². The minimum atomic E-state index is -0.272. The van der Waals surface area contributed by atoms with Gasteiger partial charge in [-0.1, -0.05) is 0 Å². The number of carbonyl (C=O) groups excluding carboxylic acids is 2. The van der Waals surface area contributed by atoms with Gasteiger partial charge in [-0.15, -0.1) is 0 Å². The first-order valence-electron chi connectivity index (χ1n) is 7.51. The topological polar surface area (TPSA) is 90.1 Å². The van der Waals surface area contributed by atoms with Crippen LogP contribution in [-0.2, 0) is 4.79 Å². The van der Waals surface area contributed by atoms with E-state index in [1.807, 2.05) is 30.5 Å². The second kappa shape index (κ2) is 5.38. The first kappa shape index (κ1) is 14.3. The molecule has 3 N–H and O–H groups in total. The number of anilines is 3. The van der Waals surface area contributed by atoms with E-state index in [2.05, 4.69) is 20.6 Å². The summed E-state index contributed by atoms with van der Waals surface area (Å²) in [6.45, 7) is 0.207. The molecule has 0 bridgehead atoms. The molecule has 2 aromatic heterocycles. The maximum Gasteiger partial charge on any atom is 0.257 e. The third kappa shape index (κ3) is 2.36. The second-order valence-electron chi connectivity index (χ2n) is 5.63. The zero-order chi connectivity index (χ0) is 16.7. The molecule has 7 nitrogen and oxygen atoms in total. The van der Waals surface area contributed by atoms with Crippen molar-refractivity contribution in [3.05, 3.63) is 48.3 Å². The average molecular weight is 321 g/mol. The third-order valence-corrected chi connectivity index (χ3v) is 4.08. The maximum absolute atomic E-state index is 12.5. The van der Waals surface area contributed by atoms with E-state index in [9.17, 15) is 9.59 Å². The highest BCUT2D eigenvalue weighted by molar-refractivity contribution is 6.08. The number of pyridine rings is 1. The van der Waals surface area contributed by atoms with Crippen LogP contribution in [0.4, 0.5) is 17.2 Å². The number of hydrogen-bond acceptors (Lipinski definition) is 4. The average Bonchev–Trinajstić information content (AvgIpc) is 3.05. The van der Waals surface area contributed by atoms with Crippen LogP contribution in [0.3, 0.4) is 0 Å². The van der Waals surface area contributed by atoms with E-state index in [1.165, 1.54) is 11.1 Å². The number of hydrogen-bond donors (Lipinski definition) is 3. The number of nitrogens with one attached hydrogen (secondary N) is 3. The lowest BCUT2D eigenvalue weighted by molar-refractivity contribution is -0.116. The van der Waals surface area contributed by atoms with Gasteiger partial charge in [-0.3, -0.25) is 9.59 Å². The Balaban J connectivity index is 1.61. The maximum atomic E-state index is 12.5. The van der Waals surface area contributed by atoms with Gasteiger partial charge in [0.25, 0.3) is 5.91 Å².